The van der Waals surface area contributed by atoms with Gasteiger partial charge in [-0.05, 0) is 85.2 Å². The van der Waals surface area contributed by atoms with Crippen LogP contribution in [-0.2, 0) is 0 Å². The number of nitrogens with zero attached hydrogens (tertiary/aromatic N) is 2. The lowest BCUT2D eigenvalue weighted by atomic mass is 9.93. The number of aromatic nitrogens is 1. The minimum absolute atomic E-state index is 0.926. The summed E-state index contributed by atoms with van der Waals surface area (Å²) in [6.45, 7) is 4.32. The molecule has 0 unspecified atom stereocenters. The summed E-state index contributed by atoms with van der Waals surface area (Å²) in [7, 11) is 0. The normalized spacial score (nSPS) is 14.2. The van der Waals surface area contributed by atoms with Gasteiger partial charge in [0.1, 0.15) is 0 Å². The third-order valence-electron chi connectivity index (χ3n) is 6.60. The van der Waals surface area contributed by atoms with Crippen molar-refractivity contribution in [3.05, 3.63) is 112 Å². The number of rotatable bonds is 0. The topological polar surface area (TPSA) is 37.3 Å². The summed E-state index contributed by atoms with van der Waals surface area (Å²) < 4.78 is 0. The van der Waals surface area contributed by atoms with E-state index in [1.165, 1.54) is 22.3 Å². The van der Waals surface area contributed by atoms with Crippen molar-refractivity contribution in [2.45, 2.75) is 13.8 Å². The van der Waals surface area contributed by atoms with Crippen LogP contribution in [0.2, 0.25) is 0 Å². The molecule has 3 aliphatic rings. The van der Waals surface area contributed by atoms with Crippen LogP contribution in [0, 0.1) is 13.8 Å². The van der Waals surface area contributed by atoms with Crippen molar-refractivity contribution < 1.29 is 0 Å². The van der Waals surface area contributed by atoms with Crippen molar-refractivity contribution in [2.24, 2.45) is 4.99 Å². The van der Waals surface area contributed by atoms with Crippen LogP contribution in [0.4, 0.5) is 5.69 Å². The predicted octanol–water partition coefficient (Wildman–Crippen LogP) is 5.59. The van der Waals surface area contributed by atoms with Gasteiger partial charge in [0.25, 0.3) is 0 Å². The molecule has 33 heavy (non-hydrogen) atoms. The second-order valence-corrected chi connectivity index (χ2v) is 9.00. The number of benzene rings is 3. The number of hydrogen-bond acceptors (Lipinski definition) is 3. The van der Waals surface area contributed by atoms with Gasteiger partial charge in [0, 0.05) is 33.2 Å². The fraction of sp³-hybridized carbons (Fsp3) is 0.0667. The molecule has 3 aromatic carbocycles. The summed E-state index contributed by atoms with van der Waals surface area (Å²) in [5.74, 6) is 0. The summed E-state index contributed by atoms with van der Waals surface area (Å²) in [5, 5.41) is 5.79. The molecule has 3 aliphatic heterocycles. The highest BCUT2D eigenvalue weighted by Crippen LogP contribution is 2.42. The second kappa shape index (κ2) is 6.63. The Balaban J connectivity index is 1.67. The Labute approximate surface area is 192 Å². The van der Waals surface area contributed by atoms with Crippen molar-refractivity contribution >= 4 is 17.1 Å². The molecule has 0 amide bonds. The SMILES string of the molecule is Cc1cc2c3c(c1)-c1cc(C)cc(c1=N3)=C1C=CC=C(N1)c1cccc(n1)-c1cccc-2c1. The minimum atomic E-state index is 0.926. The molecule has 0 radical (unpaired) electrons. The van der Waals surface area contributed by atoms with E-state index in [0.29, 0.717) is 0 Å². The minimum Gasteiger partial charge on any atom is -0.353 e. The number of dihydropyridines is 1. The predicted molar refractivity (Wildman–Crippen MR) is 134 cm³/mol. The van der Waals surface area contributed by atoms with E-state index in [0.717, 1.165) is 55.7 Å². The van der Waals surface area contributed by atoms with Crippen LogP contribution >= 0.6 is 0 Å². The van der Waals surface area contributed by atoms with E-state index in [9.17, 15) is 0 Å². The van der Waals surface area contributed by atoms with Crippen LogP contribution in [-0.4, -0.2) is 4.98 Å². The number of fused-ring (bicyclic) bond motifs is 10. The molecule has 0 saturated carbocycles. The van der Waals surface area contributed by atoms with E-state index >= 15 is 0 Å². The molecule has 0 saturated heterocycles. The lowest BCUT2D eigenvalue weighted by Crippen LogP contribution is -2.32. The zero-order chi connectivity index (χ0) is 22.1. The molecule has 4 aromatic rings. The first-order valence-corrected chi connectivity index (χ1v) is 11.3. The van der Waals surface area contributed by atoms with Gasteiger partial charge in [-0.1, -0.05) is 30.3 Å². The maximum Gasteiger partial charge on any atom is 0.0871 e. The zero-order valence-corrected chi connectivity index (χ0v) is 18.5. The molecule has 0 aliphatic carbocycles. The Morgan fingerprint density at radius 3 is 2.42 bits per heavy atom. The van der Waals surface area contributed by atoms with Crippen molar-refractivity contribution in [1.29, 1.82) is 0 Å². The highest BCUT2D eigenvalue weighted by Gasteiger charge is 2.22. The van der Waals surface area contributed by atoms with Gasteiger partial charge in [-0.2, -0.15) is 0 Å². The van der Waals surface area contributed by atoms with Gasteiger partial charge in [-0.15, -0.1) is 0 Å². The Morgan fingerprint density at radius 1 is 0.727 bits per heavy atom. The summed E-state index contributed by atoms with van der Waals surface area (Å²) >= 11 is 0. The maximum absolute atomic E-state index is 5.25. The van der Waals surface area contributed by atoms with Crippen LogP contribution < -0.4 is 15.9 Å². The summed E-state index contributed by atoms with van der Waals surface area (Å²) in [6.07, 6.45) is 6.30. The third kappa shape index (κ3) is 2.76. The van der Waals surface area contributed by atoms with Gasteiger partial charge >= 0.3 is 0 Å². The first-order valence-electron chi connectivity index (χ1n) is 11.3. The molecule has 0 fully saturated rings. The van der Waals surface area contributed by atoms with Crippen LogP contribution in [0.15, 0.2) is 90.0 Å². The molecular formula is C30H21N3. The summed E-state index contributed by atoms with van der Waals surface area (Å²) in [6, 6.07) is 23.9. The number of allylic oxidation sites excluding steroid dienone is 2. The number of nitrogens with one attached hydrogen (secondary N) is 1. The first kappa shape index (κ1) is 18.3. The molecule has 1 N–H and O–H groups in total. The fourth-order valence-electron chi connectivity index (χ4n) is 5.11. The zero-order valence-electron chi connectivity index (χ0n) is 18.5. The monoisotopic (exact) mass is 423 g/mol. The molecule has 156 valence electrons. The number of hydrogen-bond donors (Lipinski definition) is 1. The van der Waals surface area contributed by atoms with Gasteiger partial charge in [-0.25, -0.2) is 9.98 Å². The van der Waals surface area contributed by atoms with E-state index in [2.05, 4.69) is 104 Å². The fourth-order valence-corrected chi connectivity index (χ4v) is 5.11. The highest BCUT2D eigenvalue weighted by molar-refractivity contribution is 5.93. The van der Waals surface area contributed by atoms with Gasteiger partial charge in [-0.3, -0.25) is 0 Å². The van der Waals surface area contributed by atoms with Crippen molar-refractivity contribution in [3.63, 3.8) is 0 Å². The second-order valence-electron chi connectivity index (χ2n) is 9.00. The van der Waals surface area contributed by atoms with Gasteiger partial charge in [0.2, 0.25) is 0 Å². The standard InChI is InChI=1S/C30H21N3/c1-17-12-21-19-6-3-7-20(16-19)25-8-4-10-27(31-25)28-11-5-9-26(32-28)24-15-18(2)14-23-22(13-17)29(21)33-30(23)24/h3-16,32H,1-2H3. The Morgan fingerprint density at radius 2 is 1.48 bits per heavy atom. The lowest BCUT2D eigenvalue weighted by molar-refractivity contribution is 1.15. The molecular weight excluding hydrogens is 402 g/mol. The molecule has 3 heteroatoms. The quantitative estimate of drug-likeness (QED) is 0.353. The third-order valence-corrected chi connectivity index (χ3v) is 6.60. The molecule has 1 aromatic heterocycles. The van der Waals surface area contributed by atoms with Crippen molar-refractivity contribution in [3.8, 4) is 33.5 Å². The molecule has 8 bridgehead atoms. The van der Waals surface area contributed by atoms with Crippen molar-refractivity contribution in [1.82, 2.24) is 10.3 Å². The van der Waals surface area contributed by atoms with Crippen LogP contribution in [0.1, 0.15) is 16.8 Å². The maximum atomic E-state index is 5.25. The summed E-state index contributed by atoms with van der Waals surface area (Å²) in [4.78, 5) is 10.3. The Bertz CT molecular complexity index is 1700. The van der Waals surface area contributed by atoms with Gasteiger partial charge < -0.3 is 5.32 Å². The number of aryl methyl sites for hydroxylation is 2. The van der Waals surface area contributed by atoms with E-state index in [-0.39, 0.29) is 0 Å². The summed E-state index contributed by atoms with van der Waals surface area (Å²) in [5.41, 5.74) is 13.3. The van der Waals surface area contributed by atoms with Crippen LogP contribution in [0.5, 0.6) is 0 Å². The Hall–Kier alpha value is -4.24. The first-order chi connectivity index (χ1) is 16.1. The average Bonchev–Trinajstić information content (AvgIpc) is 3.21. The molecule has 0 spiro atoms. The molecule has 7 rings (SSSR count). The van der Waals surface area contributed by atoms with E-state index in [1.807, 2.05) is 0 Å². The van der Waals surface area contributed by atoms with Crippen LogP contribution in [0.25, 0.3) is 44.9 Å². The number of pyridine rings is 1. The van der Waals surface area contributed by atoms with E-state index in [1.54, 1.807) is 0 Å². The van der Waals surface area contributed by atoms with Gasteiger partial charge in [0.05, 0.1) is 28.1 Å². The van der Waals surface area contributed by atoms with E-state index < -0.39 is 0 Å². The van der Waals surface area contributed by atoms with Gasteiger partial charge in [0.15, 0.2) is 0 Å². The average molecular weight is 424 g/mol. The van der Waals surface area contributed by atoms with E-state index in [4.69, 9.17) is 9.98 Å². The Kier molecular flexibility index (Phi) is 3.68. The molecule has 0 atom stereocenters. The van der Waals surface area contributed by atoms with Crippen LogP contribution in [0.3, 0.4) is 0 Å². The van der Waals surface area contributed by atoms with Crippen molar-refractivity contribution in [2.75, 3.05) is 0 Å². The molecule has 3 nitrogen and oxygen atoms in total. The highest BCUT2D eigenvalue weighted by atomic mass is 14.9. The lowest BCUT2D eigenvalue weighted by Gasteiger charge is -2.16. The largest absolute Gasteiger partial charge is 0.353 e. The molecule has 4 heterocycles. The smallest absolute Gasteiger partial charge is 0.0871 e.